The van der Waals surface area contributed by atoms with E-state index in [-0.39, 0.29) is 11.5 Å². The molecule has 0 atom stereocenters. The van der Waals surface area contributed by atoms with Gasteiger partial charge in [-0.25, -0.2) is 4.98 Å². The van der Waals surface area contributed by atoms with Crippen LogP contribution in [0, 0.1) is 0 Å². The summed E-state index contributed by atoms with van der Waals surface area (Å²) in [4.78, 5) is 4.01. The second-order valence-electron chi connectivity index (χ2n) is 3.51. The highest BCUT2D eigenvalue weighted by Crippen LogP contribution is 2.32. The van der Waals surface area contributed by atoms with Gasteiger partial charge in [-0.05, 0) is 46.3 Å². The first-order valence-corrected chi connectivity index (χ1v) is 6.34. The molecule has 19 heavy (non-hydrogen) atoms. The number of aromatic nitrogens is 1. The molecule has 1 heterocycles. The number of nitrogens with zero attached hydrogens (tertiary/aromatic N) is 2. The van der Waals surface area contributed by atoms with Gasteiger partial charge in [-0.2, -0.15) is 0 Å². The molecular weight excluding hydrogens is 334 g/mol. The zero-order valence-electron chi connectivity index (χ0n) is 9.55. The number of amidine groups is 1. The van der Waals surface area contributed by atoms with E-state index >= 15 is 0 Å². The van der Waals surface area contributed by atoms with E-state index in [1.807, 2.05) is 0 Å². The molecule has 0 saturated carbocycles. The monoisotopic (exact) mass is 341 g/mol. The third-order valence-electron chi connectivity index (χ3n) is 2.23. The summed E-state index contributed by atoms with van der Waals surface area (Å²) in [5.74, 6) is 0.797. The summed E-state index contributed by atoms with van der Waals surface area (Å²) in [6, 6.07) is 8.46. The maximum atomic E-state index is 8.71. The summed E-state index contributed by atoms with van der Waals surface area (Å²) < 4.78 is 6.37. The summed E-state index contributed by atoms with van der Waals surface area (Å²) in [6.07, 6.45) is 1.52. The van der Waals surface area contributed by atoms with Gasteiger partial charge in [0.2, 0.25) is 0 Å². The first-order chi connectivity index (χ1) is 9.11. The van der Waals surface area contributed by atoms with E-state index < -0.39 is 0 Å². The molecular formula is C12H9BrClN3O2. The highest BCUT2D eigenvalue weighted by molar-refractivity contribution is 9.10. The van der Waals surface area contributed by atoms with Crippen LogP contribution in [0.5, 0.6) is 11.5 Å². The maximum absolute atomic E-state index is 8.71. The van der Waals surface area contributed by atoms with Crippen molar-refractivity contribution >= 4 is 33.4 Å². The van der Waals surface area contributed by atoms with Crippen molar-refractivity contribution in [3.63, 3.8) is 0 Å². The van der Waals surface area contributed by atoms with Crippen LogP contribution in [0.2, 0.25) is 5.02 Å². The predicted octanol–water partition coefficient (Wildman–Crippen LogP) is 3.38. The number of halogens is 2. The molecule has 0 aliphatic carbocycles. The van der Waals surface area contributed by atoms with Gasteiger partial charge in [-0.1, -0.05) is 16.8 Å². The van der Waals surface area contributed by atoms with Crippen LogP contribution < -0.4 is 10.5 Å². The molecule has 5 nitrogen and oxygen atoms in total. The molecule has 1 aromatic carbocycles. The molecule has 2 rings (SSSR count). The first-order valence-electron chi connectivity index (χ1n) is 5.17. The number of benzene rings is 1. The Kier molecular flexibility index (Phi) is 4.24. The number of pyridine rings is 1. The van der Waals surface area contributed by atoms with E-state index in [9.17, 15) is 0 Å². The van der Waals surface area contributed by atoms with E-state index in [0.717, 1.165) is 0 Å². The average molecular weight is 343 g/mol. The Morgan fingerprint density at radius 3 is 2.84 bits per heavy atom. The van der Waals surface area contributed by atoms with Crippen molar-refractivity contribution in [2.24, 2.45) is 10.9 Å². The molecule has 98 valence electrons. The van der Waals surface area contributed by atoms with E-state index in [1.165, 1.54) is 6.20 Å². The average Bonchev–Trinajstić information content (AvgIpc) is 2.41. The molecule has 0 radical (unpaired) electrons. The fraction of sp³-hybridized carbons (Fsp3) is 0. The molecule has 0 aliphatic heterocycles. The van der Waals surface area contributed by atoms with Gasteiger partial charge in [0, 0.05) is 11.2 Å². The topological polar surface area (TPSA) is 80.7 Å². The minimum Gasteiger partial charge on any atom is -0.454 e. The van der Waals surface area contributed by atoms with E-state index in [1.54, 1.807) is 30.3 Å². The Balaban J connectivity index is 2.38. The Morgan fingerprint density at radius 2 is 2.16 bits per heavy atom. The number of rotatable bonds is 3. The normalized spacial score (nSPS) is 11.4. The van der Waals surface area contributed by atoms with Crippen LogP contribution in [0.25, 0.3) is 0 Å². The zero-order valence-corrected chi connectivity index (χ0v) is 11.9. The van der Waals surface area contributed by atoms with Gasteiger partial charge in [0.15, 0.2) is 17.3 Å². The highest BCUT2D eigenvalue weighted by Gasteiger charge is 2.12. The first kappa shape index (κ1) is 13.6. The van der Waals surface area contributed by atoms with Gasteiger partial charge in [0.1, 0.15) is 5.75 Å². The van der Waals surface area contributed by atoms with Crippen molar-refractivity contribution in [3.05, 3.63) is 51.7 Å². The second kappa shape index (κ2) is 5.90. The fourth-order valence-electron chi connectivity index (χ4n) is 1.39. The lowest BCUT2D eigenvalue weighted by molar-refractivity contribution is 0.318. The van der Waals surface area contributed by atoms with Crippen molar-refractivity contribution in [1.29, 1.82) is 0 Å². The third-order valence-corrected chi connectivity index (χ3v) is 3.09. The molecule has 0 amide bonds. The Hall–Kier alpha value is -1.79. The van der Waals surface area contributed by atoms with Gasteiger partial charge in [-0.3, -0.25) is 0 Å². The number of oxime groups is 1. The maximum Gasteiger partial charge on any atom is 0.192 e. The van der Waals surface area contributed by atoms with Gasteiger partial charge < -0.3 is 15.7 Å². The number of nitrogens with two attached hydrogens (primary N) is 1. The Bertz CT molecular complexity index is 634. The van der Waals surface area contributed by atoms with Crippen molar-refractivity contribution < 1.29 is 9.94 Å². The van der Waals surface area contributed by atoms with Crippen LogP contribution in [0.4, 0.5) is 0 Å². The van der Waals surface area contributed by atoms with Crippen LogP contribution in [0.1, 0.15) is 5.69 Å². The summed E-state index contributed by atoms with van der Waals surface area (Å²) in [6.45, 7) is 0. The lowest BCUT2D eigenvalue weighted by Gasteiger charge is -2.10. The Morgan fingerprint density at radius 1 is 1.37 bits per heavy atom. The quantitative estimate of drug-likeness (QED) is 0.388. The molecule has 0 fully saturated rings. The molecule has 0 saturated heterocycles. The van der Waals surface area contributed by atoms with Gasteiger partial charge in [0.05, 0.1) is 4.47 Å². The largest absolute Gasteiger partial charge is 0.454 e. The standard InChI is InChI=1S/C12H9BrClN3O2/c13-8-6-7(14)3-4-9(8)19-10-2-1-5-16-11(10)12(15)17-18/h1-6,18H,(H2,15,17). The van der Waals surface area contributed by atoms with Crippen molar-refractivity contribution in [2.75, 3.05) is 0 Å². The van der Waals surface area contributed by atoms with Crippen molar-refractivity contribution in [2.45, 2.75) is 0 Å². The number of ether oxygens (including phenoxy) is 1. The third kappa shape index (κ3) is 3.15. The number of hydrogen-bond donors (Lipinski definition) is 2. The summed E-state index contributed by atoms with van der Waals surface area (Å²) in [7, 11) is 0. The summed E-state index contributed by atoms with van der Waals surface area (Å²) in [5.41, 5.74) is 5.79. The number of hydrogen-bond acceptors (Lipinski definition) is 4. The van der Waals surface area contributed by atoms with E-state index in [4.69, 9.17) is 27.3 Å². The molecule has 3 N–H and O–H groups in total. The van der Waals surface area contributed by atoms with E-state index in [2.05, 4.69) is 26.1 Å². The van der Waals surface area contributed by atoms with Gasteiger partial charge >= 0.3 is 0 Å². The predicted molar refractivity (Wildman–Crippen MR) is 76.0 cm³/mol. The highest BCUT2D eigenvalue weighted by atomic mass is 79.9. The van der Waals surface area contributed by atoms with Gasteiger partial charge in [-0.15, -0.1) is 0 Å². The lowest BCUT2D eigenvalue weighted by Crippen LogP contribution is -2.15. The fourth-order valence-corrected chi connectivity index (χ4v) is 2.15. The zero-order chi connectivity index (χ0) is 13.8. The molecule has 2 aromatic rings. The summed E-state index contributed by atoms with van der Waals surface area (Å²) >= 11 is 9.20. The van der Waals surface area contributed by atoms with Crippen LogP contribution >= 0.6 is 27.5 Å². The second-order valence-corrected chi connectivity index (χ2v) is 4.80. The minimum atomic E-state index is -0.124. The molecule has 1 aromatic heterocycles. The minimum absolute atomic E-state index is 0.124. The Labute approximate surface area is 122 Å². The SMILES string of the molecule is N/C(=N/O)c1ncccc1Oc1ccc(Cl)cc1Br. The van der Waals surface area contributed by atoms with E-state index in [0.29, 0.717) is 21.0 Å². The van der Waals surface area contributed by atoms with Crippen LogP contribution in [0.3, 0.4) is 0 Å². The molecule has 0 unspecified atom stereocenters. The smallest absolute Gasteiger partial charge is 0.192 e. The lowest BCUT2D eigenvalue weighted by atomic mass is 10.3. The van der Waals surface area contributed by atoms with Crippen LogP contribution in [0.15, 0.2) is 46.2 Å². The van der Waals surface area contributed by atoms with Crippen LogP contribution in [-0.2, 0) is 0 Å². The van der Waals surface area contributed by atoms with Crippen molar-refractivity contribution in [3.8, 4) is 11.5 Å². The van der Waals surface area contributed by atoms with Gasteiger partial charge in [0.25, 0.3) is 0 Å². The molecule has 0 spiro atoms. The van der Waals surface area contributed by atoms with Crippen molar-refractivity contribution in [1.82, 2.24) is 4.98 Å². The van der Waals surface area contributed by atoms with Crippen LogP contribution in [-0.4, -0.2) is 16.0 Å². The molecule has 7 heteroatoms. The summed E-state index contributed by atoms with van der Waals surface area (Å²) in [5, 5.41) is 12.2. The molecule has 0 aliphatic rings. The molecule has 0 bridgehead atoms.